The third-order valence-corrected chi connectivity index (χ3v) is 2.85. The zero-order chi connectivity index (χ0) is 14.0. The van der Waals surface area contributed by atoms with Crippen molar-refractivity contribution in [3.05, 3.63) is 35.2 Å². The summed E-state index contributed by atoms with van der Waals surface area (Å²) in [5.74, 6) is 0.230. The van der Waals surface area contributed by atoms with Crippen molar-refractivity contribution in [2.24, 2.45) is 5.73 Å². The number of hydrogen-bond acceptors (Lipinski definition) is 3. The molecule has 0 unspecified atom stereocenters. The number of nitrogens with two attached hydrogens (primary N) is 1. The van der Waals surface area contributed by atoms with E-state index in [1.165, 1.54) is 0 Å². The summed E-state index contributed by atoms with van der Waals surface area (Å²) in [4.78, 5) is 18.1. The maximum atomic E-state index is 11.1. The molecule has 100 valence electrons. The molecule has 2 rings (SSSR count). The topological polar surface area (TPSA) is 83.8 Å². The van der Waals surface area contributed by atoms with Gasteiger partial charge in [-0.25, -0.2) is 4.98 Å². The number of aromatic nitrogens is 2. The quantitative estimate of drug-likeness (QED) is 0.804. The summed E-state index contributed by atoms with van der Waals surface area (Å²) < 4.78 is 0. The lowest BCUT2D eigenvalue weighted by molar-refractivity contribution is 0.0996. The van der Waals surface area contributed by atoms with Crippen LogP contribution >= 0.6 is 11.6 Å². The van der Waals surface area contributed by atoms with Crippen LogP contribution < -0.4 is 11.1 Å². The van der Waals surface area contributed by atoms with Crippen molar-refractivity contribution in [1.82, 2.24) is 9.97 Å². The molecule has 0 aromatic carbocycles. The van der Waals surface area contributed by atoms with Gasteiger partial charge in [-0.1, -0.05) is 11.6 Å². The number of pyridine rings is 1. The van der Waals surface area contributed by atoms with E-state index >= 15 is 0 Å². The van der Waals surface area contributed by atoms with Gasteiger partial charge in [0.2, 0.25) is 0 Å². The molecule has 5 nitrogen and oxygen atoms in total. The van der Waals surface area contributed by atoms with Gasteiger partial charge in [-0.2, -0.15) is 0 Å². The number of carbonyl (C=O) groups excluding carboxylic acids is 1. The van der Waals surface area contributed by atoms with Gasteiger partial charge in [0.05, 0.1) is 5.02 Å². The maximum absolute atomic E-state index is 11.1. The number of halogens is 1. The molecule has 0 radical (unpaired) electrons. The average Bonchev–Trinajstić information content (AvgIpc) is 2.80. The lowest BCUT2D eigenvalue weighted by Gasteiger charge is -2.10. The molecule has 1 amide bonds. The summed E-state index contributed by atoms with van der Waals surface area (Å²) in [5.41, 5.74) is 7.15. The van der Waals surface area contributed by atoms with Gasteiger partial charge in [0.25, 0.3) is 5.91 Å². The molecule has 0 fully saturated rings. The van der Waals surface area contributed by atoms with E-state index in [0.717, 1.165) is 16.9 Å². The van der Waals surface area contributed by atoms with Crippen LogP contribution in [0.15, 0.2) is 24.5 Å². The number of nitrogens with zero attached hydrogens (tertiary/aromatic N) is 1. The fraction of sp³-hybridized carbons (Fsp3) is 0.231. The highest BCUT2D eigenvalue weighted by Crippen LogP contribution is 2.29. The SMILES string of the molecule is CC(C)Nc1cc(-c2c[nH]c(C(N)=O)c2)c(Cl)cn1. The molecular formula is C13H15ClN4O. The van der Waals surface area contributed by atoms with Crippen LogP contribution in [0.4, 0.5) is 5.82 Å². The van der Waals surface area contributed by atoms with Crippen LogP contribution in [0.2, 0.25) is 5.02 Å². The van der Waals surface area contributed by atoms with E-state index < -0.39 is 5.91 Å². The lowest BCUT2D eigenvalue weighted by atomic mass is 10.1. The fourth-order valence-electron chi connectivity index (χ4n) is 1.73. The number of primary amides is 1. The van der Waals surface area contributed by atoms with Crippen molar-refractivity contribution in [3.63, 3.8) is 0 Å². The molecule has 0 atom stereocenters. The molecule has 2 aromatic heterocycles. The Morgan fingerprint density at radius 2 is 2.21 bits per heavy atom. The predicted octanol–water partition coefficient (Wildman–Crippen LogP) is 2.65. The van der Waals surface area contributed by atoms with Crippen LogP contribution in [-0.2, 0) is 0 Å². The minimum atomic E-state index is -0.503. The van der Waals surface area contributed by atoms with E-state index in [9.17, 15) is 4.79 Å². The summed E-state index contributed by atoms with van der Waals surface area (Å²) in [7, 11) is 0. The first-order chi connectivity index (χ1) is 8.97. The summed E-state index contributed by atoms with van der Waals surface area (Å²) >= 11 is 6.14. The molecule has 19 heavy (non-hydrogen) atoms. The standard InChI is InChI=1S/C13H15ClN4O/c1-7(2)18-12-4-9(10(14)6-17-12)8-3-11(13(15)19)16-5-8/h3-7,16H,1-2H3,(H2,15,19)(H,17,18). The van der Waals surface area contributed by atoms with Crippen molar-refractivity contribution < 1.29 is 4.79 Å². The summed E-state index contributed by atoms with van der Waals surface area (Å²) in [6, 6.07) is 3.79. The second kappa shape index (κ2) is 5.32. The third-order valence-electron chi connectivity index (χ3n) is 2.55. The van der Waals surface area contributed by atoms with E-state index in [2.05, 4.69) is 15.3 Å². The Hall–Kier alpha value is -2.01. The monoisotopic (exact) mass is 278 g/mol. The van der Waals surface area contributed by atoms with Gasteiger partial charge in [0, 0.05) is 29.6 Å². The molecule has 2 heterocycles. The second-order valence-electron chi connectivity index (χ2n) is 4.51. The molecule has 2 aromatic rings. The minimum absolute atomic E-state index is 0.272. The number of aromatic amines is 1. The van der Waals surface area contributed by atoms with Crippen LogP contribution in [-0.4, -0.2) is 21.9 Å². The van der Waals surface area contributed by atoms with E-state index in [4.69, 9.17) is 17.3 Å². The zero-order valence-corrected chi connectivity index (χ0v) is 11.5. The first-order valence-corrected chi connectivity index (χ1v) is 6.26. The van der Waals surface area contributed by atoms with Crippen molar-refractivity contribution in [3.8, 4) is 11.1 Å². The maximum Gasteiger partial charge on any atom is 0.265 e. The molecule has 0 spiro atoms. The molecule has 0 aliphatic heterocycles. The normalized spacial score (nSPS) is 10.7. The van der Waals surface area contributed by atoms with Crippen LogP contribution in [0.5, 0.6) is 0 Å². The first-order valence-electron chi connectivity index (χ1n) is 5.88. The van der Waals surface area contributed by atoms with E-state index in [1.54, 1.807) is 18.5 Å². The van der Waals surface area contributed by atoms with Gasteiger partial charge in [-0.3, -0.25) is 4.79 Å². The molecule has 0 saturated carbocycles. The highest BCUT2D eigenvalue weighted by molar-refractivity contribution is 6.33. The number of nitrogens with one attached hydrogen (secondary N) is 2. The zero-order valence-electron chi connectivity index (χ0n) is 10.7. The molecule has 4 N–H and O–H groups in total. The molecule has 0 aliphatic rings. The van der Waals surface area contributed by atoms with Crippen molar-refractivity contribution in [1.29, 1.82) is 0 Å². The Morgan fingerprint density at radius 1 is 1.47 bits per heavy atom. The largest absolute Gasteiger partial charge is 0.368 e. The van der Waals surface area contributed by atoms with Gasteiger partial charge in [-0.05, 0) is 26.0 Å². The second-order valence-corrected chi connectivity index (χ2v) is 4.92. The molecule has 0 aliphatic carbocycles. The Labute approximate surface area is 116 Å². The van der Waals surface area contributed by atoms with Crippen LogP contribution in [0.25, 0.3) is 11.1 Å². The van der Waals surface area contributed by atoms with E-state index in [1.807, 2.05) is 19.9 Å². The highest BCUT2D eigenvalue weighted by Gasteiger charge is 2.10. The van der Waals surface area contributed by atoms with Crippen molar-refractivity contribution in [2.45, 2.75) is 19.9 Å². The smallest absolute Gasteiger partial charge is 0.265 e. The fourth-order valence-corrected chi connectivity index (χ4v) is 1.94. The van der Waals surface area contributed by atoms with Crippen molar-refractivity contribution >= 4 is 23.3 Å². The number of rotatable bonds is 4. The molecule has 0 saturated heterocycles. The van der Waals surface area contributed by atoms with Gasteiger partial charge in [0.1, 0.15) is 11.5 Å². The first kappa shape index (κ1) is 13.4. The minimum Gasteiger partial charge on any atom is -0.368 e. The van der Waals surface area contributed by atoms with Crippen LogP contribution in [0, 0.1) is 0 Å². The van der Waals surface area contributed by atoms with Gasteiger partial charge >= 0.3 is 0 Å². The summed E-state index contributed by atoms with van der Waals surface area (Å²) in [5, 5.41) is 3.72. The van der Waals surface area contributed by atoms with Crippen LogP contribution in [0.1, 0.15) is 24.3 Å². The molecular weight excluding hydrogens is 264 g/mol. The summed E-state index contributed by atoms with van der Waals surface area (Å²) in [6.07, 6.45) is 3.28. The average molecular weight is 279 g/mol. The third kappa shape index (κ3) is 3.06. The van der Waals surface area contributed by atoms with Crippen LogP contribution in [0.3, 0.4) is 0 Å². The lowest BCUT2D eigenvalue weighted by Crippen LogP contribution is -2.11. The Kier molecular flexibility index (Phi) is 3.76. The predicted molar refractivity (Wildman–Crippen MR) is 76.3 cm³/mol. The Balaban J connectivity index is 2.39. The van der Waals surface area contributed by atoms with E-state index in [0.29, 0.717) is 10.7 Å². The van der Waals surface area contributed by atoms with Gasteiger partial charge in [-0.15, -0.1) is 0 Å². The number of H-pyrrole nitrogens is 1. The molecule has 6 heteroatoms. The summed E-state index contributed by atoms with van der Waals surface area (Å²) in [6.45, 7) is 4.05. The van der Waals surface area contributed by atoms with E-state index in [-0.39, 0.29) is 6.04 Å². The van der Waals surface area contributed by atoms with Gasteiger partial charge in [0.15, 0.2) is 0 Å². The Morgan fingerprint density at radius 3 is 2.79 bits per heavy atom. The number of amides is 1. The number of carbonyl (C=O) groups is 1. The number of hydrogen-bond donors (Lipinski definition) is 3. The van der Waals surface area contributed by atoms with Crippen molar-refractivity contribution in [2.75, 3.05) is 5.32 Å². The molecule has 0 bridgehead atoms. The Bertz CT molecular complexity index is 606. The van der Waals surface area contributed by atoms with Gasteiger partial charge < -0.3 is 16.0 Å². The number of anilines is 1. The highest BCUT2D eigenvalue weighted by atomic mass is 35.5.